The van der Waals surface area contributed by atoms with Gasteiger partial charge in [0.05, 0.1) is 19.8 Å². The van der Waals surface area contributed by atoms with Crippen molar-refractivity contribution < 1.29 is 14.3 Å². The van der Waals surface area contributed by atoms with Crippen LogP contribution in [-0.2, 0) is 0 Å². The number of hydrogen-bond acceptors (Lipinski definition) is 4. The quantitative estimate of drug-likeness (QED) is 0.799. The lowest BCUT2D eigenvalue weighted by molar-refractivity contribution is 0.103. The third-order valence-corrected chi connectivity index (χ3v) is 2.94. The number of carbonyl (C=O) groups excluding carboxylic acids is 1. The summed E-state index contributed by atoms with van der Waals surface area (Å²) in [7, 11) is 3.08. The van der Waals surface area contributed by atoms with Crippen LogP contribution in [0, 0.1) is 11.3 Å². The Labute approximate surface area is 117 Å². The number of nitrogens with zero attached hydrogens (tertiary/aromatic N) is 1. The molecule has 0 unspecified atom stereocenters. The van der Waals surface area contributed by atoms with E-state index >= 15 is 0 Å². The number of hydrogen-bond donors (Lipinski definition) is 0. The summed E-state index contributed by atoms with van der Waals surface area (Å²) in [5, 5.41) is 9.14. The molecule has 2 aromatic rings. The van der Waals surface area contributed by atoms with E-state index in [4.69, 9.17) is 14.7 Å². The first-order valence-corrected chi connectivity index (χ1v) is 5.96. The molecule has 4 nitrogen and oxygen atoms in total. The lowest BCUT2D eigenvalue weighted by Gasteiger charge is -2.06. The van der Waals surface area contributed by atoms with Gasteiger partial charge >= 0.3 is 0 Å². The molecule has 2 aromatic carbocycles. The fourth-order valence-electron chi connectivity index (χ4n) is 1.84. The van der Waals surface area contributed by atoms with Crippen molar-refractivity contribution in [3.05, 3.63) is 59.2 Å². The first kappa shape index (κ1) is 13.6. The van der Waals surface area contributed by atoms with Gasteiger partial charge in [0.2, 0.25) is 0 Å². The van der Waals surface area contributed by atoms with Gasteiger partial charge in [0.1, 0.15) is 17.6 Å². The van der Waals surface area contributed by atoms with Crippen LogP contribution >= 0.6 is 0 Å². The summed E-state index contributed by atoms with van der Waals surface area (Å²) in [5.74, 6) is 1.02. The van der Waals surface area contributed by atoms with Gasteiger partial charge in [-0.1, -0.05) is 0 Å². The lowest BCUT2D eigenvalue weighted by Crippen LogP contribution is -2.04. The summed E-state index contributed by atoms with van der Waals surface area (Å²) in [6, 6.07) is 13.6. The summed E-state index contributed by atoms with van der Waals surface area (Å²) < 4.78 is 10.1. The van der Waals surface area contributed by atoms with E-state index in [1.165, 1.54) is 7.11 Å². The van der Waals surface area contributed by atoms with Gasteiger partial charge in [-0.2, -0.15) is 5.26 Å². The number of nitriles is 1. The summed E-state index contributed by atoms with van der Waals surface area (Å²) >= 11 is 0. The van der Waals surface area contributed by atoms with E-state index in [9.17, 15) is 4.79 Å². The first-order chi connectivity index (χ1) is 9.69. The molecule has 0 spiro atoms. The predicted molar refractivity (Wildman–Crippen MR) is 74.1 cm³/mol. The van der Waals surface area contributed by atoms with E-state index in [-0.39, 0.29) is 5.78 Å². The normalized spacial score (nSPS) is 9.65. The second-order valence-electron chi connectivity index (χ2n) is 4.08. The van der Waals surface area contributed by atoms with Crippen molar-refractivity contribution in [1.82, 2.24) is 0 Å². The molecule has 0 heterocycles. The Morgan fingerprint density at radius 3 is 2.15 bits per heavy atom. The van der Waals surface area contributed by atoms with Crippen LogP contribution in [-0.4, -0.2) is 20.0 Å². The molecule has 0 N–H and O–H groups in total. The molecule has 0 aliphatic heterocycles. The Balaban J connectivity index is 2.40. The molecule has 0 aliphatic rings. The smallest absolute Gasteiger partial charge is 0.194 e. The second-order valence-corrected chi connectivity index (χ2v) is 4.08. The largest absolute Gasteiger partial charge is 0.497 e. The van der Waals surface area contributed by atoms with Gasteiger partial charge in [-0.15, -0.1) is 0 Å². The monoisotopic (exact) mass is 267 g/mol. The second kappa shape index (κ2) is 5.89. The predicted octanol–water partition coefficient (Wildman–Crippen LogP) is 2.81. The van der Waals surface area contributed by atoms with Gasteiger partial charge in [-0.05, 0) is 42.5 Å². The molecule has 0 amide bonds. The third-order valence-electron chi connectivity index (χ3n) is 2.94. The zero-order chi connectivity index (χ0) is 14.5. The Morgan fingerprint density at radius 2 is 1.60 bits per heavy atom. The highest BCUT2D eigenvalue weighted by Crippen LogP contribution is 2.21. The van der Waals surface area contributed by atoms with E-state index < -0.39 is 0 Å². The molecule has 0 aromatic heterocycles. The van der Waals surface area contributed by atoms with Crippen LogP contribution < -0.4 is 9.47 Å². The molecular weight excluding hydrogens is 254 g/mol. The molecule has 0 aliphatic carbocycles. The highest BCUT2D eigenvalue weighted by atomic mass is 16.5. The van der Waals surface area contributed by atoms with Crippen molar-refractivity contribution in [2.75, 3.05) is 14.2 Å². The molecule has 0 saturated carbocycles. The summed E-state index contributed by atoms with van der Waals surface area (Å²) in [4.78, 5) is 12.4. The minimum atomic E-state index is -0.202. The summed E-state index contributed by atoms with van der Waals surface area (Å²) in [5.41, 5.74) is 1.16. The number of ether oxygens (including phenoxy) is 2. The Kier molecular flexibility index (Phi) is 4.02. The van der Waals surface area contributed by atoms with E-state index in [0.29, 0.717) is 28.2 Å². The van der Waals surface area contributed by atoms with Crippen LogP contribution in [0.15, 0.2) is 42.5 Å². The van der Waals surface area contributed by atoms with Crippen molar-refractivity contribution in [3.63, 3.8) is 0 Å². The van der Waals surface area contributed by atoms with Gasteiger partial charge in [0, 0.05) is 11.1 Å². The SMILES string of the molecule is COc1ccc(C(=O)c2ccc(OC)cc2C#N)cc1. The molecule has 0 bridgehead atoms. The number of methoxy groups -OCH3 is 2. The molecule has 0 atom stereocenters. The summed E-state index contributed by atoms with van der Waals surface area (Å²) in [6.45, 7) is 0. The maximum absolute atomic E-state index is 12.4. The number of ketones is 1. The third kappa shape index (κ3) is 2.62. The zero-order valence-corrected chi connectivity index (χ0v) is 11.2. The maximum Gasteiger partial charge on any atom is 0.194 e. The topological polar surface area (TPSA) is 59.3 Å². The van der Waals surface area contributed by atoms with E-state index in [1.807, 2.05) is 6.07 Å². The standard InChI is InChI=1S/C16H13NO3/c1-19-13-5-3-11(4-6-13)16(18)15-8-7-14(20-2)9-12(15)10-17/h3-9H,1-2H3. The highest BCUT2D eigenvalue weighted by molar-refractivity contribution is 6.10. The van der Waals surface area contributed by atoms with Crippen molar-refractivity contribution in [2.45, 2.75) is 0 Å². The number of carbonyl (C=O) groups is 1. The molecule has 2 rings (SSSR count). The Bertz CT molecular complexity index is 669. The van der Waals surface area contributed by atoms with E-state index in [0.717, 1.165) is 0 Å². The summed E-state index contributed by atoms with van der Waals surface area (Å²) in [6.07, 6.45) is 0. The molecule has 0 radical (unpaired) electrons. The van der Waals surface area contributed by atoms with E-state index in [1.54, 1.807) is 49.6 Å². The fraction of sp³-hybridized carbons (Fsp3) is 0.125. The molecule has 4 heteroatoms. The average molecular weight is 267 g/mol. The van der Waals surface area contributed by atoms with Gasteiger partial charge in [-0.3, -0.25) is 4.79 Å². The molecule has 0 saturated heterocycles. The molecular formula is C16H13NO3. The van der Waals surface area contributed by atoms with Gasteiger partial charge in [-0.25, -0.2) is 0 Å². The molecule has 0 fully saturated rings. The fourth-order valence-corrected chi connectivity index (χ4v) is 1.84. The van der Waals surface area contributed by atoms with Crippen molar-refractivity contribution in [2.24, 2.45) is 0 Å². The van der Waals surface area contributed by atoms with Crippen LogP contribution in [0.3, 0.4) is 0 Å². The van der Waals surface area contributed by atoms with Crippen molar-refractivity contribution in [1.29, 1.82) is 5.26 Å². The minimum Gasteiger partial charge on any atom is -0.497 e. The Hall–Kier alpha value is -2.80. The highest BCUT2D eigenvalue weighted by Gasteiger charge is 2.14. The zero-order valence-electron chi connectivity index (χ0n) is 11.2. The first-order valence-electron chi connectivity index (χ1n) is 5.96. The van der Waals surface area contributed by atoms with E-state index in [2.05, 4.69) is 0 Å². The molecule has 100 valence electrons. The Morgan fingerprint density at radius 1 is 1.00 bits per heavy atom. The maximum atomic E-state index is 12.4. The van der Waals surface area contributed by atoms with Crippen LogP contribution in [0.2, 0.25) is 0 Å². The van der Waals surface area contributed by atoms with Crippen LogP contribution in [0.5, 0.6) is 11.5 Å². The van der Waals surface area contributed by atoms with Crippen LogP contribution in [0.4, 0.5) is 0 Å². The van der Waals surface area contributed by atoms with Crippen molar-refractivity contribution in [3.8, 4) is 17.6 Å². The molecule has 20 heavy (non-hydrogen) atoms. The lowest BCUT2D eigenvalue weighted by atomic mass is 9.98. The van der Waals surface area contributed by atoms with Gasteiger partial charge in [0.15, 0.2) is 5.78 Å². The number of rotatable bonds is 4. The van der Waals surface area contributed by atoms with Gasteiger partial charge in [0.25, 0.3) is 0 Å². The average Bonchev–Trinajstić information content (AvgIpc) is 2.53. The minimum absolute atomic E-state index is 0.202. The van der Waals surface area contributed by atoms with Crippen LogP contribution in [0.25, 0.3) is 0 Å². The van der Waals surface area contributed by atoms with Gasteiger partial charge < -0.3 is 9.47 Å². The van der Waals surface area contributed by atoms with Crippen molar-refractivity contribution >= 4 is 5.78 Å². The number of benzene rings is 2. The van der Waals surface area contributed by atoms with Crippen LogP contribution in [0.1, 0.15) is 21.5 Å².